The third kappa shape index (κ3) is 3.09. The van der Waals surface area contributed by atoms with Crippen LogP contribution in [0.25, 0.3) is 0 Å². The average molecular weight is 348 g/mol. The highest BCUT2D eigenvalue weighted by Crippen LogP contribution is 2.36. The van der Waals surface area contributed by atoms with Crippen molar-refractivity contribution in [2.45, 2.75) is 23.2 Å². The molecule has 0 aliphatic carbocycles. The largest absolute Gasteiger partial charge is 0.330 e. The molecule has 1 aliphatic rings. The van der Waals surface area contributed by atoms with Crippen molar-refractivity contribution in [1.82, 2.24) is 4.31 Å². The van der Waals surface area contributed by atoms with Crippen molar-refractivity contribution in [3.63, 3.8) is 0 Å². The lowest BCUT2D eigenvalue weighted by molar-refractivity contribution is 0.237. The molecule has 0 amide bonds. The molecule has 1 saturated heterocycles. The van der Waals surface area contributed by atoms with E-state index in [-0.39, 0.29) is 10.3 Å². The minimum atomic E-state index is -3.59. The number of hydrogen-bond acceptors (Lipinski definition) is 3. The van der Waals surface area contributed by atoms with Crippen LogP contribution in [-0.2, 0) is 15.4 Å². The summed E-state index contributed by atoms with van der Waals surface area (Å²) in [7, 11) is -3.59. The second-order valence-electron chi connectivity index (χ2n) is 6.21. The van der Waals surface area contributed by atoms with Gasteiger partial charge in [0.15, 0.2) is 0 Å². The van der Waals surface area contributed by atoms with Crippen LogP contribution in [0.3, 0.4) is 0 Å². The summed E-state index contributed by atoms with van der Waals surface area (Å²) < 4.78 is 39.9. The Morgan fingerprint density at radius 3 is 2.12 bits per heavy atom. The predicted octanol–water partition coefficient (Wildman–Crippen LogP) is 2.51. The van der Waals surface area contributed by atoms with Gasteiger partial charge in [0.25, 0.3) is 0 Å². The fourth-order valence-electron chi connectivity index (χ4n) is 3.31. The van der Waals surface area contributed by atoms with Gasteiger partial charge in [-0.25, -0.2) is 12.8 Å². The number of halogens is 1. The molecule has 1 aliphatic heterocycles. The summed E-state index contributed by atoms with van der Waals surface area (Å²) >= 11 is 0. The quantitative estimate of drug-likeness (QED) is 0.923. The number of rotatable bonds is 4. The molecule has 2 N–H and O–H groups in total. The van der Waals surface area contributed by atoms with Crippen LogP contribution in [0.5, 0.6) is 0 Å². The van der Waals surface area contributed by atoms with E-state index in [4.69, 9.17) is 5.73 Å². The Morgan fingerprint density at radius 2 is 1.58 bits per heavy atom. The minimum absolute atomic E-state index is 0.129. The van der Waals surface area contributed by atoms with Crippen LogP contribution in [0.2, 0.25) is 0 Å². The topological polar surface area (TPSA) is 63.4 Å². The van der Waals surface area contributed by atoms with Gasteiger partial charge < -0.3 is 5.73 Å². The van der Waals surface area contributed by atoms with E-state index in [1.807, 2.05) is 18.2 Å². The van der Waals surface area contributed by atoms with Gasteiger partial charge >= 0.3 is 0 Å². The van der Waals surface area contributed by atoms with E-state index in [2.05, 4.69) is 12.1 Å². The van der Waals surface area contributed by atoms with Crippen LogP contribution in [0, 0.1) is 5.82 Å². The molecule has 0 atom stereocenters. The zero-order valence-corrected chi connectivity index (χ0v) is 14.2. The van der Waals surface area contributed by atoms with Gasteiger partial charge in [0.2, 0.25) is 10.0 Å². The lowest BCUT2D eigenvalue weighted by Crippen LogP contribution is -2.48. The van der Waals surface area contributed by atoms with Crippen molar-refractivity contribution < 1.29 is 12.8 Å². The van der Waals surface area contributed by atoms with Crippen LogP contribution in [0.15, 0.2) is 59.5 Å². The average Bonchev–Trinajstić information content (AvgIpc) is 2.63. The SMILES string of the molecule is NCC1(c2ccccc2)CCN(S(=O)(=O)c2ccc(F)cc2)CC1. The molecule has 3 rings (SSSR count). The van der Waals surface area contributed by atoms with E-state index in [0.717, 1.165) is 5.56 Å². The zero-order chi connectivity index (χ0) is 17.2. The van der Waals surface area contributed by atoms with Crippen molar-refractivity contribution >= 4 is 10.0 Å². The van der Waals surface area contributed by atoms with Gasteiger partial charge in [-0.2, -0.15) is 4.31 Å². The molecule has 1 fully saturated rings. The summed E-state index contributed by atoms with van der Waals surface area (Å²) in [6.45, 7) is 1.30. The highest BCUT2D eigenvalue weighted by atomic mass is 32.2. The van der Waals surface area contributed by atoms with E-state index in [1.165, 1.54) is 28.6 Å². The highest BCUT2D eigenvalue weighted by Gasteiger charge is 2.38. The summed E-state index contributed by atoms with van der Waals surface area (Å²) in [5, 5.41) is 0. The second kappa shape index (κ2) is 6.63. The third-order valence-corrected chi connectivity index (χ3v) is 6.82. The number of piperidine rings is 1. The molecule has 24 heavy (non-hydrogen) atoms. The monoisotopic (exact) mass is 348 g/mol. The van der Waals surface area contributed by atoms with Crippen molar-refractivity contribution in [3.8, 4) is 0 Å². The van der Waals surface area contributed by atoms with E-state index < -0.39 is 15.8 Å². The summed E-state index contributed by atoms with van der Waals surface area (Å²) in [6.07, 6.45) is 1.35. The molecule has 0 spiro atoms. The number of hydrogen-bond donors (Lipinski definition) is 1. The Bertz CT molecular complexity index is 784. The van der Waals surface area contributed by atoms with Gasteiger partial charge in [-0.3, -0.25) is 0 Å². The van der Waals surface area contributed by atoms with Gasteiger partial charge in [-0.15, -0.1) is 0 Å². The van der Waals surface area contributed by atoms with Crippen LogP contribution in [0.4, 0.5) is 4.39 Å². The zero-order valence-electron chi connectivity index (χ0n) is 13.4. The summed E-state index contributed by atoms with van der Waals surface area (Å²) in [4.78, 5) is 0.129. The van der Waals surface area contributed by atoms with Gasteiger partial charge in [0.05, 0.1) is 4.90 Å². The molecule has 2 aromatic rings. The number of nitrogens with two attached hydrogens (primary N) is 1. The first kappa shape index (κ1) is 17.1. The molecule has 0 unspecified atom stereocenters. The van der Waals surface area contributed by atoms with E-state index in [1.54, 1.807) is 0 Å². The maximum Gasteiger partial charge on any atom is 0.243 e. The first-order chi connectivity index (χ1) is 11.5. The number of sulfonamides is 1. The van der Waals surface area contributed by atoms with E-state index in [0.29, 0.717) is 32.5 Å². The fourth-order valence-corrected chi connectivity index (χ4v) is 4.75. The molecule has 128 valence electrons. The van der Waals surface area contributed by atoms with Crippen molar-refractivity contribution in [2.24, 2.45) is 5.73 Å². The maximum absolute atomic E-state index is 13.0. The minimum Gasteiger partial charge on any atom is -0.330 e. The Labute approximate surface area is 142 Å². The lowest BCUT2D eigenvalue weighted by atomic mass is 9.73. The summed E-state index contributed by atoms with van der Waals surface area (Å²) in [6, 6.07) is 15.0. The fraction of sp³-hybridized carbons (Fsp3) is 0.333. The smallest absolute Gasteiger partial charge is 0.243 e. The molecule has 0 bridgehead atoms. The molecular weight excluding hydrogens is 327 g/mol. The second-order valence-corrected chi connectivity index (χ2v) is 8.15. The highest BCUT2D eigenvalue weighted by molar-refractivity contribution is 7.89. The van der Waals surface area contributed by atoms with Crippen molar-refractivity contribution in [1.29, 1.82) is 0 Å². The first-order valence-electron chi connectivity index (χ1n) is 7.99. The first-order valence-corrected chi connectivity index (χ1v) is 9.43. The van der Waals surface area contributed by atoms with Crippen LogP contribution >= 0.6 is 0 Å². The van der Waals surface area contributed by atoms with Crippen LogP contribution in [-0.4, -0.2) is 32.4 Å². The van der Waals surface area contributed by atoms with Gasteiger partial charge in [0, 0.05) is 25.0 Å². The molecule has 4 nitrogen and oxygen atoms in total. The van der Waals surface area contributed by atoms with Crippen molar-refractivity contribution in [3.05, 3.63) is 66.0 Å². The molecule has 6 heteroatoms. The van der Waals surface area contributed by atoms with Crippen LogP contribution < -0.4 is 5.73 Å². The summed E-state index contributed by atoms with van der Waals surface area (Å²) in [5.41, 5.74) is 7.02. The van der Waals surface area contributed by atoms with Gasteiger partial charge in [0.1, 0.15) is 5.82 Å². The van der Waals surface area contributed by atoms with E-state index >= 15 is 0 Å². The Hall–Kier alpha value is -1.76. The lowest BCUT2D eigenvalue weighted by Gasteiger charge is -2.41. The standard InChI is InChI=1S/C18H21FN2O2S/c19-16-6-8-17(9-7-16)24(22,23)21-12-10-18(14-20,11-13-21)15-4-2-1-3-5-15/h1-9H,10-14,20H2. The normalized spacial score (nSPS) is 18.4. The van der Waals surface area contributed by atoms with Crippen LogP contribution in [0.1, 0.15) is 18.4 Å². The Kier molecular flexibility index (Phi) is 4.71. The molecule has 2 aromatic carbocycles. The summed E-state index contributed by atoms with van der Waals surface area (Å²) in [5.74, 6) is -0.446. The third-order valence-electron chi connectivity index (χ3n) is 4.91. The maximum atomic E-state index is 13.0. The van der Waals surface area contributed by atoms with Gasteiger partial charge in [-0.05, 0) is 42.7 Å². The molecule has 0 radical (unpaired) electrons. The number of nitrogens with zero attached hydrogens (tertiary/aromatic N) is 1. The Morgan fingerprint density at radius 1 is 1.00 bits per heavy atom. The predicted molar refractivity (Wildman–Crippen MR) is 91.6 cm³/mol. The van der Waals surface area contributed by atoms with E-state index in [9.17, 15) is 12.8 Å². The Balaban J connectivity index is 1.80. The molecule has 0 saturated carbocycles. The molecular formula is C18H21FN2O2S. The van der Waals surface area contributed by atoms with Crippen molar-refractivity contribution in [2.75, 3.05) is 19.6 Å². The van der Waals surface area contributed by atoms with Gasteiger partial charge in [-0.1, -0.05) is 30.3 Å². The number of benzene rings is 2. The molecule has 1 heterocycles. The molecule has 0 aromatic heterocycles.